The van der Waals surface area contributed by atoms with Gasteiger partial charge in [-0.1, -0.05) is 60.7 Å². The van der Waals surface area contributed by atoms with Crippen LogP contribution in [0.4, 0.5) is 0 Å². The molecule has 0 heterocycles. The topological polar surface area (TPSA) is 61.4 Å². The van der Waals surface area contributed by atoms with Crippen molar-refractivity contribution in [3.8, 4) is 0 Å². The highest BCUT2D eigenvalue weighted by molar-refractivity contribution is 5.85. The third-order valence-corrected chi connectivity index (χ3v) is 4.23. The maximum atomic E-state index is 12.0. The van der Waals surface area contributed by atoms with Crippen molar-refractivity contribution in [3.63, 3.8) is 0 Å². The van der Waals surface area contributed by atoms with Crippen LogP contribution in [-0.4, -0.2) is 49.9 Å². The van der Waals surface area contributed by atoms with E-state index in [1.54, 1.807) is 0 Å². The minimum atomic E-state index is -0.175. The number of carbonyl (C=O) groups excluding carboxylic acids is 2. The molecule has 0 spiro atoms. The quantitative estimate of drug-likeness (QED) is 0.720. The summed E-state index contributed by atoms with van der Waals surface area (Å²) in [5.41, 5.74) is 2.16. The van der Waals surface area contributed by atoms with Crippen molar-refractivity contribution in [1.82, 2.24) is 15.5 Å². The molecule has 138 valence electrons. The molecular weight excluding hydrogens is 326 g/mol. The summed E-state index contributed by atoms with van der Waals surface area (Å²) >= 11 is 0. The van der Waals surface area contributed by atoms with Gasteiger partial charge in [0.25, 0.3) is 0 Å². The molecule has 2 aromatic carbocycles. The maximum absolute atomic E-state index is 12.0. The predicted molar refractivity (Wildman–Crippen MR) is 104 cm³/mol. The minimum Gasteiger partial charge on any atom is -0.353 e. The highest BCUT2D eigenvalue weighted by Gasteiger charge is 2.14. The molecule has 2 aromatic rings. The molecule has 1 unspecified atom stereocenters. The smallest absolute Gasteiger partial charge is 0.239 e. The fourth-order valence-corrected chi connectivity index (χ4v) is 2.64. The zero-order chi connectivity index (χ0) is 18.8. The Balaban J connectivity index is 1.73. The van der Waals surface area contributed by atoms with Crippen LogP contribution in [0.1, 0.15) is 11.1 Å². The second-order valence-corrected chi connectivity index (χ2v) is 6.55. The molecule has 5 heteroatoms. The number of hydrogen-bond acceptors (Lipinski definition) is 3. The van der Waals surface area contributed by atoms with Gasteiger partial charge in [-0.2, -0.15) is 0 Å². The second-order valence-electron chi connectivity index (χ2n) is 6.55. The van der Waals surface area contributed by atoms with E-state index in [2.05, 4.69) is 27.7 Å². The largest absolute Gasteiger partial charge is 0.353 e. The van der Waals surface area contributed by atoms with Gasteiger partial charge in [0.1, 0.15) is 0 Å². The van der Waals surface area contributed by atoms with Gasteiger partial charge in [0.2, 0.25) is 11.8 Å². The fraction of sp³-hybridized carbons (Fsp3) is 0.333. The van der Waals surface area contributed by atoms with E-state index in [1.165, 1.54) is 5.56 Å². The van der Waals surface area contributed by atoms with Crippen LogP contribution < -0.4 is 10.6 Å². The lowest BCUT2D eigenvalue weighted by atomic mass is 10.1. The molecule has 0 aliphatic heterocycles. The van der Waals surface area contributed by atoms with Crippen LogP contribution in [-0.2, 0) is 22.4 Å². The van der Waals surface area contributed by atoms with E-state index in [1.807, 2.05) is 62.6 Å². The van der Waals surface area contributed by atoms with Crippen LogP contribution in [0.3, 0.4) is 0 Å². The van der Waals surface area contributed by atoms with Gasteiger partial charge >= 0.3 is 0 Å². The highest BCUT2D eigenvalue weighted by Crippen LogP contribution is 2.06. The van der Waals surface area contributed by atoms with E-state index in [-0.39, 0.29) is 30.8 Å². The Morgan fingerprint density at radius 1 is 0.846 bits per heavy atom. The lowest BCUT2D eigenvalue weighted by Crippen LogP contribution is -2.45. The highest BCUT2D eigenvalue weighted by atomic mass is 16.2. The molecule has 0 saturated heterocycles. The van der Waals surface area contributed by atoms with Crippen LogP contribution in [0, 0.1) is 0 Å². The summed E-state index contributed by atoms with van der Waals surface area (Å²) in [5, 5.41) is 5.58. The van der Waals surface area contributed by atoms with Crippen LogP contribution in [0.25, 0.3) is 0 Å². The number of nitrogens with one attached hydrogen (secondary N) is 2. The van der Waals surface area contributed by atoms with Crippen LogP contribution in [0.15, 0.2) is 60.7 Å². The molecule has 5 nitrogen and oxygen atoms in total. The maximum Gasteiger partial charge on any atom is 0.239 e. The van der Waals surface area contributed by atoms with Gasteiger partial charge in [-0.3, -0.25) is 9.59 Å². The summed E-state index contributed by atoms with van der Waals surface area (Å²) in [6.07, 6.45) is 1.14. The Bertz CT molecular complexity index is 687. The third-order valence-electron chi connectivity index (χ3n) is 4.23. The summed E-state index contributed by atoms with van der Waals surface area (Å²) in [7, 11) is 4.00. The van der Waals surface area contributed by atoms with Gasteiger partial charge in [0.15, 0.2) is 0 Å². The van der Waals surface area contributed by atoms with Gasteiger partial charge < -0.3 is 15.5 Å². The van der Waals surface area contributed by atoms with Crippen LogP contribution in [0.5, 0.6) is 0 Å². The van der Waals surface area contributed by atoms with Gasteiger partial charge in [-0.05, 0) is 31.6 Å². The average molecular weight is 353 g/mol. The van der Waals surface area contributed by atoms with Gasteiger partial charge in [-0.25, -0.2) is 0 Å². The molecule has 0 fully saturated rings. The summed E-state index contributed by atoms with van der Waals surface area (Å²) in [6, 6.07) is 19.9. The fourth-order valence-electron chi connectivity index (χ4n) is 2.64. The van der Waals surface area contributed by atoms with Crippen molar-refractivity contribution in [1.29, 1.82) is 0 Å². The summed E-state index contributed by atoms with van der Waals surface area (Å²) in [6.45, 7) is 0.534. The van der Waals surface area contributed by atoms with Crippen LogP contribution >= 0.6 is 0 Å². The first kappa shape index (κ1) is 19.7. The molecule has 0 aliphatic rings. The molecule has 26 heavy (non-hydrogen) atoms. The molecule has 0 saturated carbocycles. The van der Waals surface area contributed by atoms with Crippen molar-refractivity contribution < 1.29 is 9.59 Å². The molecule has 0 radical (unpaired) electrons. The Hall–Kier alpha value is -2.66. The number of carbonyl (C=O) groups is 2. The molecule has 2 rings (SSSR count). The minimum absolute atomic E-state index is 0.00282. The Labute approximate surface area is 155 Å². The third kappa shape index (κ3) is 7.07. The van der Waals surface area contributed by atoms with Gasteiger partial charge in [-0.15, -0.1) is 0 Å². The summed E-state index contributed by atoms with van der Waals surface area (Å²) in [5.74, 6) is -0.328. The lowest BCUT2D eigenvalue weighted by molar-refractivity contribution is -0.125. The van der Waals surface area contributed by atoms with Crippen molar-refractivity contribution in [2.75, 3.05) is 27.2 Å². The number of hydrogen-bond donors (Lipinski definition) is 2. The predicted octanol–water partition coefficient (Wildman–Crippen LogP) is 1.63. The van der Waals surface area contributed by atoms with Crippen molar-refractivity contribution in [2.24, 2.45) is 0 Å². The second kappa shape index (κ2) is 10.4. The Morgan fingerprint density at radius 2 is 1.42 bits per heavy atom. The van der Waals surface area contributed by atoms with Crippen LogP contribution in [0.2, 0.25) is 0 Å². The number of amides is 2. The Kier molecular flexibility index (Phi) is 7.83. The van der Waals surface area contributed by atoms with Gasteiger partial charge in [0.05, 0.1) is 13.0 Å². The normalized spacial score (nSPS) is 11.8. The molecule has 2 N–H and O–H groups in total. The van der Waals surface area contributed by atoms with E-state index in [9.17, 15) is 9.59 Å². The number of benzene rings is 2. The van der Waals surface area contributed by atoms with Gasteiger partial charge in [0, 0.05) is 12.6 Å². The van der Waals surface area contributed by atoms with E-state index in [0.717, 1.165) is 12.0 Å². The first-order valence-corrected chi connectivity index (χ1v) is 8.82. The molecule has 0 bridgehead atoms. The van der Waals surface area contributed by atoms with E-state index >= 15 is 0 Å². The number of rotatable bonds is 9. The number of nitrogens with zero attached hydrogens (tertiary/aromatic N) is 1. The molecule has 2 amide bonds. The van der Waals surface area contributed by atoms with Crippen molar-refractivity contribution in [3.05, 3.63) is 71.8 Å². The Morgan fingerprint density at radius 3 is 2.00 bits per heavy atom. The standard InChI is InChI=1S/C21H27N3O2/c1-24(2)19(13-17-9-5-3-6-10-17)15-22-21(26)16-23-20(25)14-18-11-7-4-8-12-18/h3-12,19H,13-16H2,1-2H3,(H,22,26)(H,23,25). The average Bonchev–Trinajstić information content (AvgIpc) is 2.65. The molecule has 1 atom stereocenters. The lowest BCUT2D eigenvalue weighted by Gasteiger charge is -2.24. The molecule has 0 aliphatic carbocycles. The number of likely N-dealkylation sites (N-methyl/N-ethyl adjacent to an activating group) is 1. The first-order chi connectivity index (χ1) is 12.5. The monoisotopic (exact) mass is 353 g/mol. The molecule has 0 aromatic heterocycles. The van der Waals surface area contributed by atoms with E-state index < -0.39 is 0 Å². The first-order valence-electron chi connectivity index (χ1n) is 8.82. The zero-order valence-electron chi connectivity index (χ0n) is 15.4. The van der Waals surface area contributed by atoms with E-state index in [0.29, 0.717) is 6.54 Å². The summed E-state index contributed by atoms with van der Waals surface area (Å²) < 4.78 is 0. The van der Waals surface area contributed by atoms with E-state index in [4.69, 9.17) is 0 Å². The summed E-state index contributed by atoms with van der Waals surface area (Å²) in [4.78, 5) is 26.0. The molecular formula is C21H27N3O2. The van der Waals surface area contributed by atoms with Crippen molar-refractivity contribution >= 4 is 11.8 Å². The zero-order valence-corrected chi connectivity index (χ0v) is 15.4. The SMILES string of the molecule is CN(C)C(CNC(=O)CNC(=O)Cc1ccccc1)Cc1ccccc1. The van der Waals surface area contributed by atoms with Crippen molar-refractivity contribution in [2.45, 2.75) is 18.9 Å².